The Morgan fingerprint density at radius 2 is 0.741 bits per heavy atom. The molecule has 3 N–H and O–H groups in total. The Hall–Kier alpha value is -5.14. The molecule has 0 saturated carbocycles. The molecule has 0 aromatic rings. The summed E-state index contributed by atoms with van der Waals surface area (Å²) >= 11 is 0. The lowest BCUT2D eigenvalue weighted by atomic mass is 9.98. The van der Waals surface area contributed by atoms with Crippen molar-refractivity contribution < 1.29 is 58.2 Å². The Labute approximate surface area is 490 Å². The molecule has 0 bridgehead atoms. The highest BCUT2D eigenvalue weighted by atomic mass is 16.7. The molecule has 12 heteroatoms. The van der Waals surface area contributed by atoms with Gasteiger partial charge in [-0.2, -0.15) is 0 Å². The average Bonchev–Trinajstić information content (AvgIpc) is 3.53. The third-order valence-electron chi connectivity index (χ3n) is 13.2. The van der Waals surface area contributed by atoms with Crippen molar-refractivity contribution in [3.63, 3.8) is 0 Å². The van der Waals surface area contributed by atoms with Gasteiger partial charge in [-0.05, 0) is 128 Å². The fourth-order valence-corrected chi connectivity index (χ4v) is 8.54. The number of hydrogen-bond donors (Lipinski definition) is 3. The first-order valence-corrected chi connectivity index (χ1v) is 31.2. The molecule has 6 unspecified atom stereocenters. The molecule has 0 aromatic carbocycles. The Morgan fingerprint density at radius 3 is 1.12 bits per heavy atom. The van der Waals surface area contributed by atoms with E-state index in [-0.39, 0.29) is 25.9 Å². The molecule has 0 spiro atoms. The maximum atomic E-state index is 13.2. The van der Waals surface area contributed by atoms with Crippen LogP contribution in [0.15, 0.2) is 134 Å². The summed E-state index contributed by atoms with van der Waals surface area (Å²) in [7, 11) is 0. The molecule has 1 heterocycles. The number of carboxylic acid groups (broad SMARTS) is 1. The van der Waals surface area contributed by atoms with E-state index in [1.54, 1.807) is 0 Å². The van der Waals surface area contributed by atoms with Crippen molar-refractivity contribution in [2.75, 3.05) is 13.2 Å². The van der Waals surface area contributed by atoms with Gasteiger partial charge in [0.1, 0.15) is 18.8 Å². The number of allylic oxidation sites excluding steroid dienone is 22. The summed E-state index contributed by atoms with van der Waals surface area (Å²) in [5, 5.41) is 31.6. The van der Waals surface area contributed by atoms with Gasteiger partial charge in [-0.3, -0.25) is 14.4 Å². The first kappa shape index (κ1) is 73.9. The number of hydrogen-bond acceptors (Lipinski definition) is 11. The molecule has 12 nitrogen and oxygen atoms in total. The van der Waals surface area contributed by atoms with Gasteiger partial charge < -0.3 is 39.0 Å². The SMILES string of the molecule is CC/C=C\C/C=C\C/C=C\C/C=C\CCCCCCC(=O)OCC(COC1OC(C(=O)O)C(O)C(O)C1OC(=O)CCCCCC/C=C\C/C=C\C/C=C\C/C=C\CC)OC(=O)CCCCCCCCC/C=C\C/C=C\C/C=C\CC. The van der Waals surface area contributed by atoms with Crippen molar-refractivity contribution in [2.24, 2.45) is 0 Å². The van der Waals surface area contributed by atoms with Crippen molar-refractivity contribution in [2.45, 2.75) is 263 Å². The predicted molar refractivity (Wildman–Crippen MR) is 330 cm³/mol. The molecule has 0 radical (unpaired) electrons. The van der Waals surface area contributed by atoms with Crippen LogP contribution in [0.2, 0.25) is 0 Å². The van der Waals surface area contributed by atoms with Gasteiger partial charge in [-0.15, -0.1) is 0 Å². The number of carboxylic acids is 1. The largest absolute Gasteiger partial charge is 0.479 e. The maximum absolute atomic E-state index is 13.2. The Balaban J connectivity index is 2.73. The predicted octanol–water partition coefficient (Wildman–Crippen LogP) is 16.6. The number of aliphatic carboxylic acids is 1. The molecule has 1 aliphatic heterocycles. The average molecular weight is 1130 g/mol. The second-order valence-electron chi connectivity index (χ2n) is 20.5. The van der Waals surface area contributed by atoms with E-state index in [1.165, 1.54) is 0 Å². The molecule has 0 aliphatic carbocycles. The van der Waals surface area contributed by atoms with Gasteiger partial charge in [-0.25, -0.2) is 4.79 Å². The summed E-state index contributed by atoms with van der Waals surface area (Å²) in [5.41, 5.74) is 0. The molecule has 1 rings (SSSR count). The molecular weight excluding hydrogens is 1020 g/mol. The lowest BCUT2D eigenvalue weighted by Crippen LogP contribution is -2.61. The normalized spacial score (nSPS) is 18.7. The van der Waals surface area contributed by atoms with Crippen LogP contribution in [0.5, 0.6) is 0 Å². The minimum atomic E-state index is -1.93. The minimum absolute atomic E-state index is 0.0214. The number of carbonyl (C=O) groups excluding carboxylic acids is 3. The summed E-state index contributed by atoms with van der Waals surface area (Å²) in [6.07, 6.45) is 65.5. The van der Waals surface area contributed by atoms with Gasteiger partial charge in [0.05, 0.1) is 6.61 Å². The van der Waals surface area contributed by atoms with E-state index in [4.69, 9.17) is 23.7 Å². The topological polar surface area (TPSA) is 175 Å². The minimum Gasteiger partial charge on any atom is -0.479 e. The fraction of sp³-hybridized carbons (Fsp3) is 0.623. The van der Waals surface area contributed by atoms with E-state index in [0.29, 0.717) is 19.3 Å². The van der Waals surface area contributed by atoms with E-state index in [9.17, 15) is 34.5 Å². The molecule has 1 fully saturated rings. The van der Waals surface area contributed by atoms with Crippen LogP contribution in [-0.4, -0.2) is 89.2 Å². The summed E-state index contributed by atoms with van der Waals surface area (Å²) in [6.45, 7) is 5.62. The summed E-state index contributed by atoms with van der Waals surface area (Å²) in [6, 6.07) is 0. The van der Waals surface area contributed by atoms with Crippen LogP contribution >= 0.6 is 0 Å². The number of carbonyl (C=O) groups is 4. The zero-order chi connectivity index (χ0) is 58.9. The quantitative estimate of drug-likeness (QED) is 0.0228. The van der Waals surface area contributed by atoms with Crippen molar-refractivity contribution in [1.82, 2.24) is 0 Å². The molecule has 456 valence electrons. The molecule has 6 atom stereocenters. The molecule has 0 amide bonds. The van der Waals surface area contributed by atoms with E-state index in [1.807, 2.05) is 0 Å². The maximum Gasteiger partial charge on any atom is 0.335 e. The Morgan fingerprint density at radius 1 is 0.407 bits per heavy atom. The van der Waals surface area contributed by atoms with E-state index in [2.05, 4.69) is 154 Å². The van der Waals surface area contributed by atoms with E-state index < -0.39 is 67.3 Å². The smallest absolute Gasteiger partial charge is 0.335 e. The third-order valence-corrected chi connectivity index (χ3v) is 13.2. The molecular formula is C69H108O12. The summed E-state index contributed by atoms with van der Waals surface area (Å²) in [4.78, 5) is 51.3. The number of unbranched alkanes of at least 4 members (excludes halogenated alkanes) is 15. The number of esters is 3. The summed E-state index contributed by atoms with van der Waals surface area (Å²) in [5.74, 6) is -3.21. The zero-order valence-electron chi connectivity index (χ0n) is 50.2. The number of ether oxygens (including phenoxy) is 5. The van der Waals surface area contributed by atoms with Gasteiger partial charge in [-0.1, -0.05) is 212 Å². The van der Waals surface area contributed by atoms with Crippen LogP contribution in [0, 0.1) is 0 Å². The van der Waals surface area contributed by atoms with Gasteiger partial charge in [0.2, 0.25) is 0 Å². The number of rotatable bonds is 51. The van der Waals surface area contributed by atoms with Gasteiger partial charge in [0, 0.05) is 19.3 Å². The van der Waals surface area contributed by atoms with Crippen molar-refractivity contribution in [1.29, 1.82) is 0 Å². The third kappa shape index (κ3) is 45.1. The lowest BCUT2D eigenvalue weighted by Gasteiger charge is -2.40. The monoisotopic (exact) mass is 1130 g/mol. The first-order chi connectivity index (χ1) is 39.6. The van der Waals surface area contributed by atoms with Crippen LogP contribution in [0.4, 0.5) is 0 Å². The van der Waals surface area contributed by atoms with Crippen molar-refractivity contribution >= 4 is 23.9 Å². The zero-order valence-corrected chi connectivity index (χ0v) is 50.2. The van der Waals surface area contributed by atoms with Crippen LogP contribution in [0.1, 0.15) is 226 Å². The molecule has 0 aromatic heterocycles. The van der Waals surface area contributed by atoms with Crippen LogP contribution in [0.3, 0.4) is 0 Å². The fourth-order valence-electron chi connectivity index (χ4n) is 8.54. The first-order valence-electron chi connectivity index (χ1n) is 31.2. The van der Waals surface area contributed by atoms with Crippen LogP contribution in [0.25, 0.3) is 0 Å². The number of aliphatic hydroxyl groups excluding tert-OH is 2. The second-order valence-corrected chi connectivity index (χ2v) is 20.5. The van der Waals surface area contributed by atoms with Crippen molar-refractivity contribution in [3.8, 4) is 0 Å². The van der Waals surface area contributed by atoms with Gasteiger partial charge in [0.25, 0.3) is 0 Å². The summed E-state index contributed by atoms with van der Waals surface area (Å²) < 4.78 is 28.4. The number of aliphatic hydroxyl groups is 2. The molecule has 1 saturated heterocycles. The van der Waals surface area contributed by atoms with Crippen LogP contribution in [-0.2, 0) is 42.9 Å². The molecule has 81 heavy (non-hydrogen) atoms. The van der Waals surface area contributed by atoms with E-state index >= 15 is 0 Å². The van der Waals surface area contributed by atoms with Gasteiger partial charge >= 0.3 is 23.9 Å². The highest BCUT2D eigenvalue weighted by molar-refractivity contribution is 5.74. The molecule has 1 aliphatic rings. The van der Waals surface area contributed by atoms with E-state index in [0.717, 1.165) is 167 Å². The highest BCUT2D eigenvalue weighted by Crippen LogP contribution is 2.26. The Kier molecular flexibility index (Phi) is 50.5. The van der Waals surface area contributed by atoms with Crippen molar-refractivity contribution in [3.05, 3.63) is 134 Å². The Bertz CT molecular complexity index is 1920. The highest BCUT2D eigenvalue weighted by Gasteiger charge is 2.50. The standard InChI is InChI=1S/C69H108O12/c1-4-7-10-13-16-19-22-25-28-31-34-37-40-43-46-49-52-55-61(70)77-58-60(79-62(71)56-53-50-47-44-41-38-35-32-29-26-23-20-17-14-11-8-5-2)59-78-69-67(65(74)64(73)66(81-69)68(75)76)80-63(72)57-54-51-48-45-42-39-36-33-30-27-24-21-18-15-12-9-6-3/h7-12,16-21,25-30,34,36-37,39,60,64-67,69,73-74H,4-6,13-15,22-24,31-33,35,38,40-59H2,1-3H3,(H,75,76)/b10-7-,11-8-,12-9-,19-16-,20-17-,21-18-,28-25-,29-26-,30-27-,37-34-,39-36-. The second kappa shape index (κ2) is 55.4. The van der Waals surface area contributed by atoms with Gasteiger partial charge in [0.15, 0.2) is 24.6 Å². The van der Waals surface area contributed by atoms with Crippen LogP contribution < -0.4 is 0 Å². The lowest BCUT2D eigenvalue weighted by molar-refractivity contribution is -0.301.